The molecular formula is C20H17FN4OS. The maximum atomic E-state index is 14.4. The molecular weight excluding hydrogens is 363 g/mol. The summed E-state index contributed by atoms with van der Waals surface area (Å²) in [4.78, 5) is 20.3. The number of hydrogen-bond donors (Lipinski definition) is 1. The first-order valence-corrected chi connectivity index (χ1v) is 9.33. The number of para-hydroxylation sites is 1. The van der Waals surface area contributed by atoms with Crippen LogP contribution in [0.25, 0.3) is 16.2 Å². The van der Waals surface area contributed by atoms with E-state index in [0.29, 0.717) is 22.0 Å². The number of nitrogens with one attached hydrogen (secondary N) is 1. The lowest BCUT2D eigenvalue weighted by molar-refractivity contribution is -0.107. The molecule has 0 aliphatic rings. The monoisotopic (exact) mass is 380 g/mol. The van der Waals surface area contributed by atoms with E-state index >= 15 is 0 Å². The maximum Gasteiger partial charge on any atom is 0.196 e. The van der Waals surface area contributed by atoms with Gasteiger partial charge in [0.1, 0.15) is 17.8 Å². The van der Waals surface area contributed by atoms with Crippen molar-refractivity contribution >= 4 is 34.1 Å². The van der Waals surface area contributed by atoms with Crippen molar-refractivity contribution in [1.82, 2.24) is 14.4 Å². The Balaban J connectivity index is 1.98. The largest absolute Gasteiger partial charge is 0.339 e. The van der Waals surface area contributed by atoms with Gasteiger partial charge in [-0.1, -0.05) is 18.2 Å². The average Bonchev–Trinajstić information content (AvgIpc) is 3.19. The molecule has 0 atom stereocenters. The predicted molar refractivity (Wildman–Crippen MR) is 105 cm³/mol. The van der Waals surface area contributed by atoms with Gasteiger partial charge in [-0.05, 0) is 31.0 Å². The predicted octanol–water partition coefficient (Wildman–Crippen LogP) is 4.70. The number of hydrogen-bond acceptors (Lipinski definition) is 5. The van der Waals surface area contributed by atoms with Crippen molar-refractivity contribution in [3.63, 3.8) is 0 Å². The number of thiazole rings is 1. The summed E-state index contributed by atoms with van der Waals surface area (Å²) < 4.78 is 16.3. The Labute approximate surface area is 159 Å². The van der Waals surface area contributed by atoms with Crippen LogP contribution in [0.2, 0.25) is 0 Å². The summed E-state index contributed by atoms with van der Waals surface area (Å²) >= 11 is 1.42. The Morgan fingerprint density at radius 1 is 1.26 bits per heavy atom. The van der Waals surface area contributed by atoms with Gasteiger partial charge in [0.25, 0.3) is 0 Å². The number of aldehydes is 1. The second-order valence-corrected chi connectivity index (χ2v) is 7.11. The molecule has 0 fully saturated rings. The number of carbonyl (C=O) groups is 1. The molecule has 3 aromatic heterocycles. The quantitative estimate of drug-likeness (QED) is 0.510. The SMILES string of the molecule is Cc1cccc(C)c1Nc1c(-c2ccncc2F)nc2scc(CC=O)n12. The number of aryl methyl sites for hydroxylation is 2. The van der Waals surface area contributed by atoms with E-state index in [9.17, 15) is 9.18 Å². The Kier molecular flexibility index (Phi) is 4.45. The van der Waals surface area contributed by atoms with E-state index in [4.69, 9.17) is 0 Å². The van der Waals surface area contributed by atoms with E-state index in [1.807, 2.05) is 41.8 Å². The van der Waals surface area contributed by atoms with Gasteiger partial charge in [0.2, 0.25) is 0 Å². The van der Waals surface area contributed by atoms with Gasteiger partial charge in [-0.15, -0.1) is 11.3 Å². The highest BCUT2D eigenvalue weighted by Crippen LogP contribution is 2.36. The molecule has 27 heavy (non-hydrogen) atoms. The molecule has 1 N–H and O–H groups in total. The highest BCUT2D eigenvalue weighted by Gasteiger charge is 2.21. The third-order valence-corrected chi connectivity index (χ3v) is 5.35. The molecule has 0 amide bonds. The molecule has 0 saturated carbocycles. The van der Waals surface area contributed by atoms with Crippen LogP contribution >= 0.6 is 11.3 Å². The van der Waals surface area contributed by atoms with Gasteiger partial charge in [-0.25, -0.2) is 9.37 Å². The third kappa shape index (κ3) is 3.00. The first-order chi connectivity index (χ1) is 13.1. The Hall–Kier alpha value is -3.06. The minimum Gasteiger partial charge on any atom is -0.339 e. The molecule has 4 aromatic rings. The summed E-state index contributed by atoms with van der Waals surface area (Å²) in [6.07, 6.45) is 3.84. The molecule has 0 spiro atoms. The van der Waals surface area contributed by atoms with Gasteiger partial charge in [0, 0.05) is 34.9 Å². The van der Waals surface area contributed by atoms with Crippen LogP contribution in [0.3, 0.4) is 0 Å². The van der Waals surface area contributed by atoms with Crippen molar-refractivity contribution in [1.29, 1.82) is 0 Å². The minimum atomic E-state index is -0.440. The summed E-state index contributed by atoms with van der Waals surface area (Å²) in [5, 5.41) is 5.35. The second-order valence-electron chi connectivity index (χ2n) is 6.27. The number of carbonyl (C=O) groups excluding carboxylic acids is 1. The zero-order valence-electron chi connectivity index (χ0n) is 14.9. The minimum absolute atomic E-state index is 0.260. The molecule has 0 saturated heterocycles. The van der Waals surface area contributed by atoms with Crippen LogP contribution < -0.4 is 5.32 Å². The molecule has 4 rings (SSSR count). The van der Waals surface area contributed by atoms with E-state index in [0.717, 1.165) is 28.8 Å². The second kappa shape index (κ2) is 6.92. The number of anilines is 2. The number of pyridine rings is 1. The fraction of sp³-hybridized carbons (Fsp3) is 0.150. The molecule has 7 heteroatoms. The van der Waals surface area contributed by atoms with Crippen LogP contribution in [0, 0.1) is 19.7 Å². The molecule has 0 unspecified atom stereocenters. The lowest BCUT2D eigenvalue weighted by Gasteiger charge is -2.14. The van der Waals surface area contributed by atoms with Gasteiger partial charge >= 0.3 is 0 Å². The van der Waals surface area contributed by atoms with Crippen LogP contribution in [-0.2, 0) is 11.2 Å². The molecule has 0 bridgehead atoms. The Morgan fingerprint density at radius 2 is 2.04 bits per heavy atom. The van der Waals surface area contributed by atoms with Crippen molar-refractivity contribution in [3.05, 3.63) is 64.7 Å². The van der Waals surface area contributed by atoms with Crippen LogP contribution in [-0.4, -0.2) is 20.7 Å². The number of nitrogens with zero attached hydrogens (tertiary/aromatic N) is 3. The van der Waals surface area contributed by atoms with Crippen molar-refractivity contribution in [2.75, 3.05) is 5.32 Å². The van der Waals surface area contributed by atoms with E-state index < -0.39 is 5.82 Å². The molecule has 136 valence electrons. The topological polar surface area (TPSA) is 59.3 Å². The number of fused-ring (bicyclic) bond motifs is 1. The fourth-order valence-corrected chi connectivity index (χ4v) is 4.05. The van der Waals surface area contributed by atoms with E-state index in [-0.39, 0.29) is 6.42 Å². The number of halogens is 1. The maximum absolute atomic E-state index is 14.4. The normalized spacial score (nSPS) is 11.1. The molecule has 0 radical (unpaired) electrons. The van der Waals surface area contributed by atoms with Crippen molar-refractivity contribution in [2.24, 2.45) is 0 Å². The standard InChI is InChI=1S/C20H17FN4OS/c1-12-4-3-5-13(2)17(12)23-19-18(15-6-8-22-10-16(15)21)24-20-25(19)14(7-9-26)11-27-20/h3-6,8-11,23H,7H2,1-2H3. The van der Waals surface area contributed by atoms with Crippen molar-refractivity contribution in [2.45, 2.75) is 20.3 Å². The zero-order valence-corrected chi connectivity index (χ0v) is 15.7. The van der Waals surface area contributed by atoms with E-state index in [2.05, 4.69) is 15.3 Å². The third-order valence-electron chi connectivity index (χ3n) is 4.48. The van der Waals surface area contributed by atoms with Gasteiger partial charge in [0.15, 0.2) is 10.8 Å². The summed E-state index contributed by atoms with van der Waals surface area (Å²) in [5.41, 5.74) is 4.75. The number of rotatable bonds is 5. The van der Waals surface area contributed by atoms with Crippen LogP contribution in [0.5, 0.6) is 0 Å². The lowest BCUT2D eigenvalue weighted by Crippen LogP contribution is -2.03. The average molecular weight is 380 g/mol. The fourth-order valence-electron chi connectivity index (χ4n) is 3.14. The highest BCUT2D eigenvalue weighted by atomic mass is 32.1. The first-order valence-electron chi connectivity index (χ1n) is 8.45. The van der Waals surface area contributed by atoms with Gasteiger partial charge in [-0.3, -0.25) is 9.38 Å². The molecule has 5 nitrogen and oxygen atoms in total. The first kappa shape index (κ1) is 17.4. The van der Waals surface area contributed by atoms with Crippen LogP contribution in [0.4, 0.5) is 15.9 Å². The Bertz CT molecular complexity index is 1130. The molecule has 1 aromatic carbocycles. The Morgan fingerprint density at radius 3 is 2.74 bits per heavy atom. The molecule has 0 aliphatic carbocycles. The highest BCUT2D eigenvalue weighted by molar-refractivity contribution is 7.15. The number of aromatic nitrogens is 3. The van der Waals surface area contributed by atoms with Crippen molar-refractivity contribution < 1.29 is 9.18 Å². The summed E-state index contributed by atoms with van der Waals surface area (Å²) in [6.45, 7) is 4.03. The number of benzene rings is 1. The van der Waals surface area contributed by atoms with Crippen LogP contribution in [0.1, 0.15) is 16.8 Å². The number of imidazole rings is 1. The smallest absolute Gasteiger partial charge is 0.196 e. The lowest BCUT2D eigenvalue weighted by atomic mass is 10.1. The summed E-state index contributed by atoms with van der Waals surface area (Å²) in [6, 6.07) is 7.63. The van der Waals surface area contributed by atoms with Gasteiger partial charge < -0.3 is 10.1 Å². The van der Waals surface area contributed by atoms with Gasteiger partial charge in [0.05, 0.1) is 6.20 Å². The zero-order chi connectivity index (χ0) is 19.0. The van der Waals surface area contributed by atoms with E-state index in [1.54, 1.807) is 12.3 Å². The van der Waals surface area contributed by atoms with E-state index in [1.165, 1.54) is 17.5 Å². The van der Waals surface area contributed by atoms with Gasteiger partial charge in [-0.2, -0.15) is 0 Å². The summed E-state index contributed by atoms with van der Waals surface area (Å²) in [7, 11) is 0. The summed E-state index contributed by atoms with van der Waals surface area (Å²) in [5.74, 6) is 0.204. The van der Waals surface area contributed by atoms with Crippen LogP contribution in [0.15, 0.2) is 42.0 Å². The molecule has 3 heterocycles. The van der Waals surface area contributed by atoms with Crippen molar-refractivity contribution in [3.8, 4) is 11.3 Å². The molecule has 0 aliphatic heterocycles.